The van der Waals surface area contributed by atoms with E-state index in [0.717, 1.165) is 31.5 Å². The van der Waals surface area contributed by atoms with Crippen LogP contribution in [0.5, 0.6) is 0 Å². The number of piperidine rings is 1. The topological polar surface area (TPSA) is 114 Å². The Morgan fingerprint density at radius 3 is 2.61 bits per heavy atom. The number of nitrogens with one attached hydrogen (secondary N) is 2. The maximum atomic E-state index is 14.2. The van der Waals surface area contributed by atoms with Crippen molar-refractivity contribution in [3.63, 3.8) is 0 Å². The summed E-state index contributed by atoms with van der Waals surface area (Å²) in [5, 5.41) is 13.6. The van der Waals surface area contributed by atoms with Crippen molar-refractivity contribution in [1.82, 2.24) is 25.8 Å². The summed E-state index contributed by atoms with van der Waals surface area (Å²) < 4.78 is 37.7. The molecule has 2 N–H and O–H groups in total. The molecule has 1 aliphatic carbocycles. The van der Waals surface area contributed by atoms with Crippen LogP contribution in [0.1, 0.15) is 60.5 Å². The third-order valence-corrected chi connectivity index (χ3v) is 7.45. The molecule has 1 aromatic carbocycles. The molecule has 11 heteroatoms. The van der Waals surface area contributed by atoms with E-state index in [2.05, 4.69) is 25.8 Å². The Bertz CT molecular complexity index is 1290. The van der Waals surface area contributed by atoms with Gasteiger partial charge in [0.15, 0.2) is 11.5 Å². The van der Waals surface area contributed by atoms with Crippen molar-refractivity contribution in [3.8, 4) is 11.3 Å². The predicted molar refractivity (Wildman–Crippen MR) is 133 cm³/mol. The van der Waals surface area contributed by atoms with Crippen LogP contribution in [0.2, 0.25) is 0 Å². The van der Waals surface area contributed by atoms with Crippen LogP contribution in [0.3, 0.4) is 0 Å². The van der Waals surface area contributed by atoms with Gasteiger partial charge in [-0.1, -0.05) is 29.6 Å². The van der Waals surface area contributed by atoms with Gasteiger partial charge in [0.2, 0.25) is 5.91 Å². The number of aromatic nitrogens is 2. The zero-order valence-electron chi connectivity index (χ0n) is 21.2. The number of rotatable bonds is 7. The first-order valence-corrected chi connectivity index (χ1v) is 13.0. The highest BCUT2D eigenvalue weighted by atomic mass is 19.1. The molecule has 2 amide bonds. The minimum Gasteiger partial charge on any atom is -0.361 e. The summed E-state index contributed by atoms with van der Waals surface area (Å²) in [5.41, 5.74) is 0.578. The molecule has 1 aliphatic heterocycles. The van der Waals surface area contributed by atoms with E-state index in [4.69, 9.17) is 9.05 Å². The van der Waals surface area contributed by atoms with E-state index in [1.54, 1.807) is 13.0 Å². The first-order chi connectivity index (χ1) is 18.4. The third-order valence-electron chi connectivity index (χ3n) is 7.45. The number of hydrogen-bond acceptors (Lipinski definition) is 7. The summed E-state index contributed by atoms with van der Waals surface area (Å²) >= 11 is 0. The number of carbonyl (C=O) groups excluding carboxylic acids is 2. The molecule has 202 valence electrons. The second-order valence-electron chi connectivity index (χ2n) is 10.1. The fourth-order valence-corrected chi connectivity index (χ4v) is 5.44. The van der Waals surface area contributed by atoms with E-state index < -0.39 is 29.5 Å². The standard InChI is InChI=1S/C27H31F2N5O4/c1-16-11-18(32-37-16)14-30-26(35)21-15-34(19-5-3-2-4-6-19)10-9-23(21)31-27(36)24-13-25(38-33-24)20-8-7-17(28)12-22(20)29/h7-8,11-13,19,21,23H,2-6,9-10,14-15H2,1H3,(H,30,35)(H,31,36)/t21-,23-/m1/s1. The maximum Gasteiger partial charge on any atom is 0.273 e. The number of amides is 2. The van der Waals surface area contributed by atoms with Crippen molar-refractivity contribution in [2.45, 2.75) is 64.1 Å². The second-order valence-corrected chi connectivity index (χ2v) is 10.1. The van der Waals surface area contributed by atoms with Crippen molar-refractivity contribution < 1.29 is 27.4 Å². The molecule has 3 aromatic rings. The van der Waals surface area contributed by atoms with Gasteiger partial charge < -0.3 is 19.7 Å². The highest BCUT2D eigenvalue weighted by molar-refractivity contribution is 5.94. The summed E-state index contributed by atoms with van der Waals surface area (Å²) in [6.07, 6.45) is 6.45. The minimum absolute atomic E-state index is 0.000845. The van der Waals surface area contributed by atoms with Crippen molar-refractivity contribution >= 4 is 11.8 Å². The van der Waals surface area contributed by atoms with Gasteiger partial charge in [-0.25, -0.2) is 8.78 Å². The smallest absolute Gasteiger partial charge is 0.273 e. The molecule has 0 radical (unpaired) electrons. The van der Waals surface area contributed by atoms with Gasteiger partial charge in [0.1, 0.15) is 23.1 Å². The molecule has 1 saturated heterocycles. The molecule has 2 fully saturated rings. The van der Waals surface area contributed by atoms with Gasteiger partial charge in [-0.3, -0.25) is 14.5 Å². The van der Waals surface area contributed by atoms with E-state index in [9.17, 15) is 18.4 Å². The number of likely N-dealkylation sites (tertiary alicyclic amines) is 1. The molecule has 9 nitrogen and oxygen atoms in total. The average molecular weight is 528 g/mol. The highest BCUT2D eigenvalue weighted by Gasteiger charge is 2.38. The lowest BCUT2D eigenvalue weighted by molar-refractivity contribution is -0.128. The van der Waals surface area contributed by atoms with Crippen molar-refractivity contribution in [2.75, 3.05) is 13.1 Å². The predicted octanol–water partition coefficient (Wildman–Crippen LogP) is 3.99. The first kappa shape index (κ1) is 26.0. The fraction of sp³-hybridized carbons (Fsp3) is 0.481. The third kappa shape index (κ3) is 5.93. The Kier molecular flexibility index (Phi) is 7.82. The van der Waals surface area contributed by atoms with Crippen LogP contribution in [-0.2, 0) is 11.3 Å². The van der Waals surface area contributed by atoms with Gasteiger partial charge in [0, 0.05) is 43.4 Å². The monoisotopic (exact) mass is 527 g/mol. The highest BCUT2D eigenvalue weighted by Crippen LogP contribution is 2.28. The van der Waals surface area contributed by atoms with Gasteiger partial charge in [-0.05, 0) is 38.3 Å². The summed E-state index contributed by atoms with van der Waals surface area (Å²) in [5.74, 6) is -2.05. The fourth-order valence-electron chi connectivity index (χ4n) is 5.44. The molecule has 1 saturated carbocycles. The first-order valence-electron chi connectivity index (χ1n) is 13.0. The molecule has 3 heterocycles. The van der Waals surface area contributed by atoms with Crippen LogP contribution >= 0.6 is 0 Å². The Labute approximate surface area is 218 Å². The molecule has 2 aromatic heterocycles. The zero-order chi connectivity index (χ0) is 26.6. The van der Waals surface area contributed by atoms with E-state index in [0.29, 0.717) is 30.5 Å². The van der Waals surface area contributed by atoms with Crippen LogP contribution in [0.25, 0.3) is 11.3 Å². The molecular weight excluding hydrogens is 496 g/mol. The zero-order valence-corrected chi connectivity index (χ0v) is 21.2. The Morgan fingerprint density at radius 1 is 1.05 bits per heavy atom. The lowest BCUT2D eigenvalue weighted by Gasteiger charge is -2.43. The number of halogens is 2. The average Bonchev–Trinajstić information content (AvgIpc) is 3.57. The summed E-state index contributed by atoms with van der Waals surface area (Å²) in [7, 11) is 0. The van der Waals surface area contributed by atoms with Crippen LogP contribution in [-0.4, -0.2) is 52.2 Å². The van der Waals surface area contributed by atoms with E-state index in [-0.39, 0.29) is 29.5 Å². The van der Waals surface area contributed by atoms with Gasteiger partial charge in [-0.2, -0.15) is 0 Å². The number of carbonyl (C=O) groups is 2. The second kappa shape index (κ2) is 11.4. The lowest BCUT2D eigenvalue weighted by atomic mass is 9.87. The van der Waals surface area contributed by atoms with Gasteiger partial charge >= 0.3 is 0 Å². The summed E-state index contributed by atoms with van der Waals surface area (Å²) in [6, 6.07) is 6.16. The van der Waals surface area contributed by atoms with Crippen molar-refractivity contribution in [1.29, 1.82) is 0 Å². The molecule has 0 spiro atoms. The number of aryl methyl sites for hydroxylation is 1. The van der Waals surface area contributed by atoms with Gasteiger partial charge in [0.05, 0.1) is 18.0 Å². The quantitative estimate of drug-likeness (QED) is 0.478. The minimum atomic E-state index is -0.817. The molecule has 2 atom stereocenters. The Balaban J connectivity index is 1.28. The number of hydrogen-bond donors (Lipinski definition) is 2. The van der Waals surface area contributed by atoms with Gasteiger partial charge in [-0.15, -0.1) is 0 Å². The maximum absolute atomic E-state index is 14.2. The normalized spacial score (nSPS) is 20.8. The van der Waals surface area contributed by atoms with E-state index >= 15 is 0 Å². The van der Waals surface area contributed by atoms with Crippen LogP contribution in [0.4, 0.5) is 8.78 Å². The van der Waals surface area contributed by atoms with Gasteiger partial charge in [0.25, 0.3) is 5.91 Å². The van der Waals surface area contributed by atoms with E-state index in [1.807, 2.05) is 0 Å². The van der Waals surface area contributed by atoms with Crippen LogP contribution in [0.15, 0.2) is 39.4 Å². The molecule has 38 heavy (non-hydrogen) atoms. The molecular formula is C27H31F2N5O4. The molecule has 2 aliphatic rings. The molecule has 0 unspecified atom stereocenters. The summed E-state index contributed by atoms with van der Waals surface area (Å²) in [6.45, 7) is 3.32. The largest absolute Gasteiger partial charge is 0.361 e. The van der Waals surface area contributed by atoms with E-state index in [1.165, 1.54) is 31.4 Å². The van der Waals surface area contributed by atoms with Crippen LogP contribution in [0, 0.1) is 24.5 Å². The molecule has 0 bridgehead atoms. The number of nitrogens with zero attached hydrogens (tertiary/aromatic N) is 3. The Morgan fingerprint density at radius 2 is 1.87 bits per heavy atom. The number of benzene rings is 1. The lowest BCUT2D eigenvalue weighted by Crippen LogP contribution is -2.57. The van der Waals surface area contributed by atoms with Crippen molar-refractivity contribution in [2.24, 2.45) is 5.92 Å². The molecule has 5 rings (SSSR count). The summed E-state index contributed by atoms with van der Waals surface area (Å²) in [4.78, 5) is 28.8. The van der Waals surface area contributed by atoms with Crippen molar-refractivity contribution in [3.05, 3.63) is 59.1 Å². The van der Waals surface area contributed by atoms with Crippen LogP contribution < -0.4 is 10.6 Å². The Hall–Kier alpha value is -3.60. The SMILES string of the molecule is Cc1cc(CNC(=O)[C@@H]2CN(C3CCCCC3)CC[C@H]2NC(=O)c2cc(-c3ccc(F)cc3F)on2)no1.